The van der Waals surface area contributed by atoms with Gasteiger partial charge in [-0.25, -0.2) is 8.42 Å². The number of carboxylic acids is 1. The summed E-state index contributed by atoms with van der Waals surface area (Å²) in [6, 6.07) is 21.0. The average molecular weight is 471 g/mol. The van der Waals surface area contributed by atoms with Crippen molar-refractivity contribution in [2.75, 3.05) is 19.0 Å². The van der Waals surface area contributed by atoms with Crippen molar-refractivity contribution in [3.63, 3.8) is 0 Å². The first-order valence-electron chi connectivity index (χ1n) is 10.0. The zero-order chi connectivity index (χ0) is 23.1. The van der Waals surface area contributed by atoms with Crippen LogP contribution in [0.3, 0.4) is 0 Å². The second-order valence-corrected chi connectivity index (χ2v) is 10.3. The number of anilines is 1. The number of hydrogen-bond acceptors (Lipinski definition) is 4. The van der Waals surface area contributed by atoms with Crippen molar-refractivity contribution in [1.29, 1.82) is 0 Å². The molecule has 0 saturated heterocycles. The van der Waals surface area contributed by atoms with Crippen LogP contribution in [0.25, 0.3) is 11.1 Å². The molecule has 32 heavy (non-hydrogen) atoms. The molecule has 8 heteroatoms. The largest absolute Gasteiger partial charge is 0.480 e. The van der Waals surface area contributed by atoms with Crippen molar-refractivity contribution in [2.24, 2.45) is 0 Å². The van der Waals surface area contributed by atoms with Crippen LogP contribution in [0.4, 0.5) is 5.69 Å². The molecule has 1 aliphatic carbocycles. The minimum absolute atomic E-state index is 0.0172. The van der Waals surface area contributed by atoms with Crippen LogP contribution in [-0.2, 0) is 14.8 Å². The van der Waals surface area contributed by atoms with Crippen LogP contribution < -0.4 is 9.62 Å². The van der Waals surface area contributed by atoms with Crippen molar-refractivity contribution >= 4 is 33.3 Å². The summed E-state index contributed by atoms with van der Waals surface area (Å²) in [5, 5.41) is 10.5. The monoisotopic (exact) mass is 470 g/mol. The Morgan fingerprint density at radius 1 is 1.03 bits per heavy atom. The van der Waals surface area contributed by atoms with Crippen molar-refractivity contribution in [2.45, 2.75) is 22.8 Å². The first-order chi connectivity index (χ1) is 15.1. The number of benzene rings is 3. The van der Waals surface area contributed by atoms with E-state index < -0.39 is 27.4 Å². The second-order valence-electron chi connectivity index (χ2n) is 8.16. The molecule has 0 bridgehead atoms. The maximum Gasteiger partial charge on any atom is 0.325 e. The number of carbonyl (C=O) groups is 1. The van der Waals surface area contributed by atoms with Crippen LogP contribution in [0.2, 0.25) is 5.02 Å². The molecule has 0 aliphatic heterocycles. The van der Waals surface area contributed by atoms with E-state index in [4.69, 9.17) is 11.6 Å². The molecule has 3 aromatic carbocycles. The normalized spacial score (nSPS) is 20.0. The molecular weight excluding hydrogens is 448 g/mol. The minimum atomic E-state index is -4.04. The van der Waals surface area contributed by atoms with E-state index in [0.29, 0.717) is 5.02 Å². The number of aliphatic carboxylic acids is 1. The maximum atomic E-state index is 13.0. The fourth-order valence-electron chi connectivity index (χ4n) is 3.85. The molecule has 166 valence electrons. The molecule has 1 saturated carbocycles. The molecule has 0 aromatic heterocycles. The Morgan fingerprint density at radius 3 is 2.19 bits per heavy atom. The van der Waals surface area contributed by atoms with Gasteiger partial charge in [-0.2, -0.15) is 4.72 Å². The van der Waals surface area contributed by atoms with Crippen molar-refractivity contribution in [3.8, 4) is 11.1 Å². The van der Waals surface area contributed by atoms with Gasteiger partial charge in [0, 0.05) is 30.7 Å². The van der Waals surface area contributed by atoms with Crippen LogP contribution in [0.1, 0.15) is 17.9 Å². The zero-order valence-corrected chi connectivity index (χ0v) is 19.2. The molecule has 2 N–H and O–H groups in total. The van der Waals surface area contributed by atoms with Gasteiger partial charge in [-0.05, 0) is 59.5 Å². The molecule has 0 heterocycles. The SMILES string of the molecule is CN(C)c1cccc([C@@H]2CC2(NS(=O)(=O)c2ccc(-c3ccc(Cl)cc3)cc2)C(=O)O)c1. The molecule has 4 rings (SSSR count). The number of sulfonamides is 1. The van der Waals surface area contributed by atoms with Gasteiger partial charge in [0.15, 0.2) is 0 Å². The molecule has 0 spiro atoms. The fraction of sp³-hybridized carbons (Fsp3) is 0.208. The summed E-state index contributed by atoms with van der Waals surface area (Å²) >= 11 is 5.92. The molecule has 3 aromatic rings. The lowest BCUT2D eigenvalue weighted by Crippen LogP contribution is -2.44. The molecule has 1 aliphatic rings. The lowest BCUT2D eigenvalue weighted by molar-refractivity contribution is -0.140. The Balaban J connectivity index is 1.58. The van der Waals surface area contributed by atoms with E-state index in [1.54, 1.807) is 24.3 Å². The quantitative estimate of drug-likeness (QED) is 0.535. The van der Waals surface area contributed by atoms with Gasteiger partial charge < -0.3 is 10.0 Å². The van der Waals surface area contributed by atoms with E-state index >= 15 is 0 Å². The van der Waals surface area contributed by atoms with Crippen LogP contribution in [0.5, 0.6) is 0 Å². The highest BCUT2D eigenvalue weighted by Crippen LogP contribution is 2.52. The van der Waals surface area contributed by atoms with Gasteiger partial charge in [-0.15, -0.1) is 0 Å². The minimum Gasteiger partial charge on any atom is -0.480 e. The molecule has 0 radical (unpaired) electrons. The first kappa shape index (κ1) is 22.3. The van der Waals surface area contributed by atoms with Gasteiger partial charge in [0.25, 0.3) is 0 Å². The molecule has 0 amide bonds. The second kappa shape index (κ2) is 8.24. The standard InChI is InChI=1S/C24H23ClN2O4S/c1-27(2)20-5-3-4-18(14-20)22-15-24(22,23(28)29)26-32(30,31)21-12-8-17(9-13-21)16-6-10-19(25)11-7-16/h3-14,22,26H,15H2,1-2H3,(H,28,29)/t22-,24?/m0/s1. The average Bonchev–Trinajstić information content (AvgIpc) is 3.49. The van der Waals surface area contributed by atoms with Crippen LogP contribution in [0.15, 0.2) is 77.7 Å². The van der Waals surface area contributed by atoms with E-state index in [1.165, 1.54) is 12.1 Å². The smallest absolute Gasteiger partial charge is 0.325 e. The topological polar surface area (TPSA) is 86.7 Å². The number of hydrogen-bond donors (Lipinski definition) is 2. The van der Waals surface area contributed by atoms with Crippen LogP contribution in [0, 0.1) is 0 Å². The number of halogens is 1. The third-order valence-corrected chi connectivity index (χ3v) is 7.57. The van der Waals surface area contributed by atoms with E-state index in [0.717, 1.165) is 22.4 Å². The summed E-state index contributed by atoms with van der Waals surface area (Å²) in [6.45, 7) is 0. The number of rotatable bonds is 7. The summed E-state index contributed by atoms with van der Waals surface area (Å²) in [7, 11) is -0.244. The highest BCUT2D eigenvalue weighted by Gasteiger charge is 2.63. The Labute approximate surface area is 192 Å². The highest BCUT2D eigenvalue weighted by molar-refractivity contribution is 7.89. The lowest BCUT2D eigenvalue weighted by Gasteiger charge is -2.17. The maximum absolute atomic E-state index is 13.0. The van der Waals surface area contributed by atoms with E-state index in [1.807, 2.05) is 55.4 Å². The van der Waals surface area contributed by atoms with E-state index in [2.05, 4.69) is 4.72 Å². The Kier molecular flexibility index (Phi) is 5.75. The molecular formula is C24H23ClN2O4S. The van der Waals surface area contributed by atoms with E-state index in [-0.39, 0.29) is 11.3 Å². The van der Waals surface area contributed by atoms with Crippen molar-refractivity contribution < 1.29 is 18.3 Å². The first-order valence-corrected chi connectivity index (χ1v) is 11.9. The molecule has 1 fully saturated rings. The Hall–Kier alpha value is -2.87. The summed E-state index contributed by atoms with van der Waals surface area (Å²) < 4.78 is 28.5. The lowest BCUT2D eigenvalue weighted by atomic mass is 10.1. The summed E-state index contributed by atoms with van der Waals surface area (Å²) in [5.41, 5.74) is 1.89. The third kappa shape index (κ3) is 4.24. The third-order valence-electron chi connectivity index (χ3n) is 5.79. The van der Waals surface area contributed by atoms with Crippen LogP contribution >= 0.6 is 11.6 Å². The number of nitrogens with zero attached hydrogens (tertiary/aromatic N) is 1. The summed E-state index contributed by atoms with van der Waals surface area (Å²) in [6.07, 6.45) is 0.196. The van der Waals surface area contributed by atoms with E-state index in [9.17, 15) is 18.3 Å². The van der Waals surface area contributed by atoms with Gasteiger partial charge in [0.1, 0.15) is 5.54 Å². The fourth-order valence-corrected chi connectivity index (χ4v) is 5.38. The predicted molar refractivity (Wildman–Crippen MR) is 126 cm³/mol. The molecule has 2 atom stereocenters. The zero-order valence-electron chi connectivity index (χ0n) is 17.6. The summed E-state index contributed by atoms with van der Waals surface area (Å²) in [4.78, 5) is 14.0. The summed E-state index contributed by atoms with van der Waals surface area (Å²) in [5.74, 6) is -1.62. The number of carboxylic acid groups (broad SMARTS) is 1. The van der Waals surface area contributed by atoms with Gasteiger partial charge in [-0.3, -0.25) is 4.79 Å². The highest BCUT2D eigenvalue weighted by atomic mass is 35.5. The van der Waals surface area contributed by atoms with Crippen LogP contribution in [-0.4, -0.2) is 39.1 Å². The molecule has 6 nitrogen and oxygen atoms in total. The van der Waals surface area contributed by atoms with Crippen molar-refractivity contribution in [3.05, 3.63) is 83.4 Å². The number of nitrogens with one attached hydrogen (secondary N) is 1. The van der Waals surface area contributed by atoms with Crippen molar-refractivity contribution in [1.82, 2.24) is 4.72 Å². The van der Waals surface area contributed by atoms with Gasteiger partial charge >= 0.3 is 5.97 Å². The Morgan fingerprint density at radius 2 is 1.62 bits per heavy atom. The van der Waals surface area contributed by atoms with Gasteiger partial charge in [0.05, 0.1) is 4.90 Å². The van der Waals surface area contributed by atoms with Gasteiger partial charge in [0.2, 0.25) is 10.0 Å². The predicted octanol–water partition coefficient (Wildman–Crippen LogP) is 4.36. The Bertz CT molecular complexity index is 1260. The molecule has 1 unspecified atom stereocenters. The van der Waals surface area contributed by atoms with Gasteiger partial charge in [-0.1, -0.05) is 48.0 Å².